The van der Waals surface area contributed by atoms with Crippen LogP contribution in [0.1, 0.15) is 53.5 Å². The standard InChI is InChI=1S/C24H40N2O3Si/c1-21(2,3)29-20(27)25-24-15-23(24,18-28-30(7,8)22(4,5)6)16-26(17-24)14-19-12-10-9-11-13-19/h9-13H,14-18H2,1-8H3,(H,25,27). The van der Waals surface area contributed by atoms with Crippen molar-refractivity contribution in [3.8, 4) is 0 Å². The van der Waals surface area contributed by atoms with Gasteiger partial charge < -0.3 is 14.5 Å². The summed E-state index contributed by atoms with van der Waals surface area (Å²) < 4.78 is 12.2. The minimum Gasteiger partial charge on any atom is -0.444 e. The van der Waals surface area contributed by atoms with E-state index in [-0.39, 0.29) is 22.1 Å². The van der Waals surface area contributed by atoms with Crippen LogP contribution in [-0.4, -0.2) is 50.1 Å². The van der Waals surface area contributed by atoms with Gasteiger partial charge in [0.05, 0.1) is 5.54 Å². The number of rotatable bonds is 6. The third-order valence-electron chi connectivity index (χ3n) is 7.05. The molecule has 0 spiro atoms. The molecule has 1 aliphatic carbocycles. The molecule has 1 aliphatic heterocycles. The summed E-state index contributed by atoms with van der Waals surface area (Å²) in [6.07, 6.45) is 0.636. The Morgan fingerprint density at radius 3 is 2.30 bits per heavy atom. The Bertz CT molecular complexity index is 769. The number of carbonyl (C=O) groups is 1. The average molecular weight is 433 g/mol. The Morgan fingerprint density at radius 1 is 1.10 bits per heavy atom. The van der Waals surface area contributed by atoms with Crippen LogP contribution in [0.5, 0.6) is 0 Å². The van der Waals surface area contributed by atoms with E-state index in [1.165, 1.54) is 5.56 Å². The molecule has 6 heteroatoms. The zero-order valence-corrected chi connectivity index (χ0v) is 21.1. The van der Waals surface area contributed by atoms with Crippen molar-refractivity contribution in [3.05, 3.63) is 35.9 Å². The van der Waals surface area contributed by atoms with Crippen LogP contribution in [0.25, 0.3) is 0 Å². The van der Waals surface area contributed by atoms with Crippen molar-refractivity contribution in [1.82, 2.24) is 10.2 Å². The van der Waals surface area contributed by atoms with Gasteiger partial charge in [-0.3, -0.25) is 4.90 Å². The van der Waals surface area contributed by atoms with E-state index in [1.54, 1.807) is 0 Å². The van der Waals surface area contributed by atoms with Crippen LogP contribution in [0.2, 0.25) is 18.1 Å². The molecule has 1 N–H and O–H groups in total. The Labute approximate surface area is 183 Å². The molecule has 2 aliphatic rings. The number of likely N-dealkylation sites (tertiary alicyclic amines) is 1. The van der Waals surface area contributed by atoms with Crippen molar-refractivity contribution in [2.75, 3.05) is 19.7 Å². The van der Waals surface area contributed by atoms with Crippen molar-refractivity contribution in [3.63, 3.8) is 0 Å². The molecule has 2 fully saturated rings. The van der Waals surface area contributed by atoms with Gasteiger partial charge in [0, 0.05) is 31.7 Å². The van der Waals surface area contributed by atoms with Crippen molar-refractivity contribution in [2.45, 2.75) is 83.8 Å². The fraction of sp³-hybridized carbons (Fsp3) is 0.708. The van der Waals surface area contributed by atoms with E-state index in [9.17, 15) is 4.79 Å². The number of fused-ring (bicyclic) bond motifs is 1. The number of nitrogens with zero attached hydrogens (tertiary/aromatic N) is 1. The lowest BCUT2D eigenvalue weighted by Gasteiger charge is -2.37. The fourth-order valence-corrected chi connectivity index (χ4v) is 5.34. The SMILES string of the molecule is CC(C)(C)OC(=O)NC12CN(Cc3ccccc3)CC1(CO[Si](C)(C)C(C)(C)C)C2. The number of ether oxygens (including phenoxy) is 1. The zero-order valence-electron chi connectivity index (χ0n) is 20.1. The third kappa shape index (κ3) is 4.92. The van der Waals surface area contributed by atoms with E-state index >= 15 is 0 Å². The minimum absolute atomic E-state index is 0.0335. The highest BCUT2D eigenvalue weighted by Gasteiger charge is 2.73. The van der Waals surface area contributed by atoms with Crippen LogP contribution in [-0.2, 0) is 15.7 Å². The number of carbonyl (C=O) groups excluding carboxylic acids is 1. The summed E-state index contributed by atoms with van der Waals surface area (Å²) in [6, 6.07) is 10.5. The van der Waals surface area contributed by atoms with Gasteiger partial charge in [-0.2, -0.15) is 0 Å². The van der Waals surface area contributed by atoms with Gasteiger partial charge in [-0.15, -0.1) is 0 Å². The van der Waals surface area contributed by atoms with E-state index < -0.39 is 13.9 Å². The zero-order chi connectivity index (χ0) is 22.4. The maximum atomic E-state index is 12.6. The maximum absolute atomic E-state index is 12.6. The smallest absolute Gasteiger partial charge is 0.408 e. The molecule has 1 heterocycles. The number of hydrogen-bond acceptors (Lipinski definition) is 4. The molecule has 2 atom stereocenters. The summed E-state index contributed by atoms with van der Waals surface area (Å²) in [7, 11) is -1.86. The van der Waals surface area contributed by atoms with Crippen LogP contribution in [0.4, 0.5) is 4.79 Å². The molecule has 0 bridgehead atoms. The van der Waals surface area contributed by atoms with Gasteiger partial charge in [0.2, 0.25) is 0 Å². The lowest BCUT2D eigenvalue weighted by molar-refractivity contribution is 0.0482. The second-order valence-electron chi connectivity index (χ2n) is 11.8. The number of piperidine rings is 1. The van der Waals surface area contributed by atoms with Crippen molar-refractivity contribution in [1.29, 1.82) is 0 Å². The summed E-state index contributed by atoms with van der Waals surface area (Å²) >= 11 is 0. The van der Waals surface area contributed by atoms with Crippen molar-refractivity contribution >= 4 is 14.4 Å². The summed E-state index contributed by atoms with van der Waals surface area (Å²) in [6.45, 7) is 20.5. The number of alkyl carbamates (subject to hydrolysis) is 1. The van der Waals surface area contributed by atoms with Gasteiger partial charge in [0.1, 0.15) is 5.60 Å². The van der Waals surface area contributed by atoms with Crippen LogP contribution in [0, 0.1) is 5.41 Å². The van der Waals surface area contributed by atoms with E-state index in [0.29, 0.717) is 6.61 Å². The lowest BCUT2D eigenvalue weighted by atomic mass is 10.1. The highest BCUT2D eigenvalue weighted by molar-refractivity contribution is 6.74. The van der Waals surface area contributed by atoms with Crippen molar-refractivity contribution in [2.24, 2.45) is 5.41 Å². The highest BCUT2D eigenvalue weighted by Crippen LogP contribution is 2.62. The number of benzene rings is 1. The minimum atomic E-state index is -1.86. The van der Waals surface area contributed by atoms with Crippen LogP contribution in [0.3, 0.4) is 0 Å². The first-order valence-electron chi connectivity index (χ1n) is 11.1. The molecule has 5 nitrogen and oxygen atoms in total. The van der Waals surface area contributed by atoms with Gasteiger partial charge in [0.15, 0.2) is 8.32 Å². The second kappa shape index (κ2) is 7.64. The normalized spacial score (nSPS) is 26.9. The molecule has 0 aromatic heterocycles. The number of amides is 1. The molecule has 1 aromatic rings. The van der Waals surface area contributed by atoms with E-state index in [0.717, 1.165) is 26.1 Å². The Morgan fingerprint density at radius 2 is 1.73 bits per heavy atom. The summed E-state index contributed by atoms with van der Waals surface area (Å²) in [5.41, 5.74) is 0.505. The number of hydrogen-bond donors (Lipinski definition) is 1. The van der Waals surface area contributed by atoms with E-state index in [1.807, 2.05) is 26.8 Å². The first kappa shape index (κ1) is 23.3. The molecule has 1 saturated carbocycles. The lowest BCUT2D eigenvalue weighted by Crippen LogP contribution is -2.47. The van der Waals surface area contributed by atoms with Gasteiger partial charge in [-0.25, -0.2) is 4.79 Å². The van der Waals surface area contributed by atoms with Gasteiger partial charge >= 0.3 is 6.09 Å². The molecule has 1 amide bonds. The Balaban J connectivity index is 1.74. The van der Waals surface area contributed by atoms with Crippen LogP contribution in [0.15, 0.2) is 30.3 Å². The Kier molecular flexibility index (Phi) is 5.93. The Hall–Kier alpha value is -1.37. The summed E-state index contributed by atoms with van der Waals surface area (Å²) in [4.78, 5) is 15.1. The molecule has 168 valence electrons. The molecule has 30 heavy (non-hydrogen) atoms. The molecule has 2 unspecified atom stereocenters. The largest absolute Gasteiger partial charge is 0.444 e. The number of nitrogens with one attached hydrogen (secondary N) is 1. The quantitative estimate of drug-likeness (QED) is 0.630. The van der Waals surface area contributed by atoms with Crippen molar-refractivity contribution < 1.29 is 14.0 Å². The average Bonchev–Trinajstić information content (AvgIpc) is 3.06. The molecule has 0 radical (unpaired) electrons. The third-order valence-corrected chi connectivity index (χ3v) is 11.5. The first-order chi connectivity index (χ1) is 13.7. The van der Waals surface area contributed by atoms with Gasteiger partial charge in [-0.05, 0) is 50.9 Å². The molecule has 1 saturated heterocycles. The summed E-state index contributed by atoms with van der Waals surface area (Å²) in [5.74, 6) is 0. The molecular formula is C24H40N2O3Si. The maximum Gasteiger partial charge on any atom is 0.408 e. The van der Waals surface area contributed by atoms with Crippen LogP contribution < -0.4 is 5.32 Å². The monoisotopic (exact) mass is 432 g/mol. The predicted molar refractivity (Wildman–Crippen MR) is 124 cm³/mol. The fourth-order valence-electron chi connectivity index (χ4n) is 4.27. The highest BCUT2D eigenvalue weighted by atomic mass is 28.4. The summed E-state index contributed by atoms with van der Waals surface area (Å²) in [5, 5.41) is 3.42. The van der Waals surface area contributed by atoms with E-state index in [2.05, 4.69) is 68.3 Å². The molecule has 3 rings (SSSR count). The molecule has 1 aromatic carbocycles. The first-order valence-corrected chi connectivity index (χ1v) is 14.0. The van der Waals surface area contributed by atoms with Gasteiger partial charge in [-0.1, -0.05) is 51.1 Å². The van der Waals surface area contributed by atoms with Crippen LogP contribution >= 0.6 is 0 Å². The van der Waals surface area contributed by atoms with E-state index in [4.69, 9.17) is 9.16 Å². The predicted octanol–water partition coefficient (Wildman–Crippen LogP) is 5.18. The van der Waals surface area contributed by atoms with Gasteiger partial charge in [0.25, 0.3) is 0 Å². The molecular weight excluding hydrogens is 392 g/mol. The second-order valence-corrected chi connectivity index (χ2v) is 16.7. The topological polar surface area (TPSA) is 50.8 Å².